The Bertz CT molecular complexity index is 407. The van der Waals surface area contributed by atoms with Gasteiger partial charge >= 0.3 is 5.97 Å². The SMILES string of the molecule is CCOC(=O)C(Cl)=Nc1c(C)cccc1C. The van der Waals surface area contributed by atoms with Crippen LogP contribution in [0.4, 0.5) is 5.69 Å². The van der Waals surface area contributed by atoms with Gasteiger partial charge in [-0.15, -0.1) is 0 Å². The number of hydrogen-bond acceptors (Lipinski definition) is 3. The van der Waals surface area contributed by atoms with Crippen LogP contribution in [0.3, 0.4) is 0 Å². The second kappa shape index (κ2) is 5.66. The van der Waals surface area contributed by atoms with E-state index in [-0.39, 0.29) is 11.8 Å². The number of para-hydroxylation sites is 1. The van der Waals surface area contributed by atoms with Crippen molar-refractivity contribution in [2.45, 2.75) is 20.8 Å². The minimum absolute atomic E-state index is 0.140. The van der Waals surface area contributed by atoms with Crippen molar-refractivity contribution >= 4 is 28.4 Å². The van der Waals surface area contributed by atoms with Crippen LogP contribution in [0.15, 0.2) is 23.2 Å². The number of esters is 1. The molecule has 3 nitrogen and oxygen atoms in total. The summed E-state index contributed by atoms with van der Waals surface area (Å²) in [6.07, 6.45) is 0. The number of hydrogen-bond donors (Lipinski definition) is 0. The number of rotatable bonds is 3. The Hall–Kier alpha value is -1.35. The predicted molar refractivity (Wildman–Crippen MR) is 65.5 cm³/mol. The van der Waals surface area contributed by atoms with Gasteiger partial charge in [-0.3, -0.25) is 0 Å². The molecule has 0 aromatic heterocycles. The van der Waals surface area contributed by atoms with Gasteiger partial charge in [-0.1, -0.05) is 29.8 Å². The van der Waals surface area contributed by atoms with Crippen molar-refractivity contribution in [1.29, 1.82) is 0 Å². The lowest BCUT2D eigenvalue weighted by atomic mass is 10.1. The highest BCUT2D eigenvalue weighted by Crippen LogP contribution is 2.23. The van der Waals surface area contributed by atoms with Crippen LogP contribution in [0, 0.1) is 13.8 Å². The van der Waals surface area contributed by atoms with Crippen LogP contribution in [0.2, 0.25) is 0 Å². The lowest BCUT2D eigenvalue weighted by Crippen LogP contribution is -2.11. The molecule has 0 aliphatic carbocycles. The molecular weight excluding hydrogens is 226 g/mol. The highest BCUT2D eigenvalue weighted by molar-refractivity contribution is 6.82. The van der Waals surface area contributed by atoms with Gasteiger partial charge in [0.1, 0.15) is 0 Å². The molecule has 1 aromatic carbocycles. The third-order valence-corrected chi connectivity index (χ3v) is 2.33. The molecule has 0 unspecified atom stereocenters. The lowest BCUT2D eigenvalue weighted by molar-refractivity contribution is -0.134. The largest absolute Gasteiger partial charge is 0.461 e. The summed E-state index contributed by atoms with van der Waals surface area (Å²) in [6, 6.07) is 5.77. The van der Waals surface area contributed by atoms with E-state index in [0.717, 1.165) is 16.8 Å². The van der Waals surface area contributed by atoms with E-state index in [1.807, 2.05) is 32.0 Å². The summed E-state index contributed by atoms with van der Waals surface area (Å²) in [5.41, 5.74) is 2.67. The molecule has 0 aliphatic heterocycles. The van der Waals surface area contributed by atoms with Crippen molar-refractivity contribution in [1.82, 2.24) is 0 Å². The molecule has 0 atom stereocenters. The summed E-state index contributed by atoms with van der Waals surface area (Å²) in [5, 5.41) is -0.140. The fourth-order valence-corrected chi connectivity index (χ4v) is 1.46. The molecule has 0 bridgehead atoms. The van der Waals surface area contributed by atoms with E-state index in [9.17, 15) is 4.79 Å². The van der Waals surface area contributed by atoms with E-state index in [2.05, 4.69) is 4.99 Å². The zero-order valence-corrected chi connectivity index (χ0v) is 10.3. The van der Waals surface area contributed by atoms with Crippen molar-refractivity contribution in [2.75, 3.05) is 6.61 Å². The van der Waals surface area contributed by atoms with Crippen LogP contribution in [0.1, 0.15) is 18.1 Å². The summed E-state index contributed by atoms with van der Waals surface area (Å²) in [6.45, 7) is 5.85. The van der Waals surface area contributed by atoms with Gasteiger partial charge in [-0.2, -0.15) is 0 Å². The zero-order valence-electron chi connectivity index (χ0n) is 9.58. The van der Waals surface area contributed by atoms with Gasteiger partial charge in [0, 0.05) is 0 Å². The topological polar surface area (TPSA) is 38.7 Å². The molecule has 0 amide bonds. The number of halogens is 1. The fourth-order valence-electron chi connectivity index (χ4n) is 1.32. The Morgan fingerprint density at radius 2 is 1.94 bits per heavy atom. The van der Waals surface area contributed by atoms with Crippen molar-refractivity contribution in [2.24, 2.45) is 4.99 Å². The van der Waals surface area contributed by atoms with Crippen molar-refractivity contribution in [3.8, 4) is 0 Å². The Morgan fingerprint density at radius 3 is 2.44 bits per heavy atom. The smallest absolute Gasteiger partial charge is 0.368 e. The number of carbonyl (C=O) groups is 1. The first-order chi connectivity index (χ1) is 7.56. The van der Waals surface area contributed by atoms with E-state index >= 15 is 0 Å². The molecule has 0 radical (unpaired) electrons. The molecule has 0 fully saturated rings. The number of aliphatic imine (C=N–C) groups is 1. The molecule has 0 saturated carbocycles. The standard InChI is InChI=1S/C12H14ClNO2/c1-4-16-12(15)11(13)14-10-8(2)6-5-7-9(10)3/h5-7H,4H2,1-3H3. The van der Waals surface area contributed by atoms with Gasteiger partial charge < -0.3 is 4.74 Å². The average Bonchev–Trinajstić information content (AvgIpc) is 2.23. The number of nitrogens with zero attached hydrogens (tertiary/aromatic N) is 1. The third kappa shape index (κ3) is 3.07. The number of benzene rings is 1. The normalized spacial score (nSPS) is 11.4. The van der Waals surface area contributed by atoms with E-state index < -0.39 is 5.97 Å². The molecule has 16 heavy (non-hydrogen) atoms. The zero-order chi connectivity index (χ0) is 12.1. The van der Waals surface area contributed by atoms with Crippen LogP contribution in [-0.2, 0) is 9.53 Å². The minimum atomic E-state index is -0.591. The van der Waals surface area contributed by atoms with Gasteiger partial charge in [0.05, 0.1) is 12.3 Å². The maximum atomic E-state index is 11.3. The summed E-state index contributed by atoms with van der Waals surface area (Å²) in [7, 11) is 0. The van der Waals surface area contributed by atoms with Gasteiger partial charge in [0.15, 0.2) is 0 Å². The van der Waals surface area contributed by atoms with Crippen LogP contribution in [0.25, 0.3) is 0 Å². The molecule has 0 spiro atoms. The number of aryl methyl sites for hydroxylation is 2. The average molecular weight is 240 g/mol. The maximum absolute atomic E-state index is 11.3. The molecule has 0 aliphatic rings. The first kappa shape index (κ1) is 12.7. The maximum Gasteiger partial charge on any atom is 0.368 e. The fraction of sp³-hybridized carbons (Fsp3) is 0.333. The molecule has 0 N–H and O–H groups in total. The van der Waals surface area contributed by atoms with Crippen LogP contribution in [0.5, 0.6) is 0 Å². The molecule has 4 heteroatoms. The van der Waals surface area contributed by atoms with E-state index in [1.54, 1.807) is 6.92 Å². The quantitative estimate of drug-likeness (QED) is 0.600. The monoisotopic (exact) mass is 239 g/mol. The first-order valence-corrected chi connectivity index (χ1v) is 5.41. The molecule has 86 valence electrons. The Labute approximate surface area is 100 Å². The summed E-state index contributed by atoms with van der Waals surface area (Å²) in [4.78, 5) is 15.4. The van der Waals surface area contributed by atoms with Gasteiger partial charge in [0.25, 0.3) is 0 Å². The lowest BCUT2D eigenvalue weighted by Gasteiger charge is -2.05. The van der Waals surface area contributed by atoms with Crippen LogP contribution < -0.4 is 0 Å². The molecule has 1 aromatic rings. The minimum Gasteiger partial charge on any atom is -0.461 e. The van der Waals surface area contributed by atoms with Gasteiger partial charge in [-0.05, 0) is 31.9 Å². The van der Waals surface area contributed by atoms with Crippen LogP contribution >= 0.6 is 11.6 Å². The first-order valence-electron chi connectivity index (χ1n) is 5.03. The molecule has 1 rings (SSSR count). The molecule has 0 heterocycles. The number of ether oxygens (including phenoxy) is 1. The molecule has 0 saturated heterocycles. The Kier molecular flexibility index (Phi) is 4.50. The van der Waals surface area contributed by atoms with Crippen molar-refractivity contribution < 1.29 is 9.53 Å². The van der Waals surface area contributed by atoms with Gasteiger partial charge in [0.2, 0.25) is 5.17 Å². The summed E-state index contributed by atoms with van der Waals surface area (Å²) in [5.74, 6) is -0.591. The van der Waals surface area contributed by atoms with E-state index in [4.69, 9.17) is 16.3 Å². The van der Waals surface area contributed by atoms with Crippen molar-refractivity contribution in [3.05, 3.63) is 29.3 Å². The molecular formula is C12H14ClNO2. The van der Waals surface area contributed by atoms with E-state index in [0.29, 0.717) is 0 Å². The second-order valence-electron chi connectivity index (χ2n) is 3.36. The van der Waals surface area contributed by atoms with E-state index in [1.165, 1.54) is 0 Å². The number of carbonyl (C=O) groups excluding carboxylic acids is 1. The summed E-state index contributed by atoms with van der Waals surface area (Å²) < 4.78 is 4.75. The van der Waals surface area contributed by atoms with Crippen LogP contribution in [-0.4, -0.2) is 17.7 Å². The summed E-state index contributed by atoms with van der Waals surface area (Å²) >= 11 is 5.76. The third-order valence-electron chi connectivity index (χ3n) is 2.09. The van der Waals surface area contributed by atoms with Crippen molar-refractivity contribution in [3.63, 3.8) is 0 Å². The van der Waals surface area contributed by atoms with Gasteiger partial charge in [-0.25, -0.2) is 9.79 Å². The Balaban J connectivity index is 3.02. The highest BCUT2D eigenvalue weighted by Gasteiger charge is 2.10. The highest BCUT2D eigenvalue weighted by atomic mass is 35.5. The second-order valence-corrected chi connectivity index (χ2v) is 3.72. The predicted octanol–water partition coefficient (Wildman–Crippen LogP) is 3.14. The Morgan fingerprint density at radius 1 is 1.38 bits per heavy atom.